The molecule has 1 rings (SSSR count). The van der Waals surface area contributed by atoms with Gasteiger partial charge in [-0.05, 0) is 13.5 Å². The Hall–Kier alpha value is -1.36. The molecule has 0 aliphatic carbocycles. The molecule has 0 radical (unpaired) electrons. The summed E-state index contributed by atoms with van der Waals surface area (Å²) < 4.78 is 5.18. The van der Waals surface area contributed by atoms with Crippen molar-refractivity contribution in [2.45, 2.75) is 64.8 Å². The number of hydrogen-bond acceptors (Lipinski definition) is 4. The molecule has 0 aliphatic rings. The number of nitrogens with one attached hydrogen (secondary N) is 2. The van der Waals surface area contributed by atoms with Gasteiger partial charge in [-0.15, -0.1) is 0 Å². The summed E-state index contributed by atoms with van der Waals surface area (Å²) in [7, 11) is 1.81. The summed E-state index contributed by atoms with van der Waals surface area (Å²) in [5.74, 6) is 0.388. The Morgan fingerprint density at radius 2 is 1.81 bits per heavy atom. The van der Waals surface area contributed by atoms with Crippen LogP contribution in [0.3, 0.4) is 0 Å². The highest BCUT2D eigenvalue weighted by molar-refractivity contribution is 5.91. The molecule has 21 heavy (non-hydrogen) atoms. The molecule has 5 nitrogen and oxygen atoms in total. The van der Waals surface area contributed by atoms with Gasteiger partial charge >= 0.3 is 0 Å². The van der Waals surface area contributed by atoms with E-state index >= 15 is 0 Å². The summed E-state index contributed by atoms with van der Waals surface area (Å²) in [5.41, 5.74) is 0.361. The first-order valence-electron chi connectivity index (χ1n) is 8.15. The van der Waals surface area contributed by atoms with E-state index in [-0.39, 0.29) is 5.91 Å². The van der Waals surface area contributed by atoms with Gasteiger partial charge in [-0.25, -0.2) is 4.98 Å². The second kappa shape index (κ2) is 11.3. The van der Waals surface area contributed by atoms with Crippen LogP contribution < -0.4 is 10.6 Å². The van der Waals surface area contributed by atoms with Crippen molar-refractivity contribution in [1.29, 1.82) is 0 Å². The zero-order chi connectivity index (χ0) is 15.3. The van der Waals surface area contributed by atoms with Gasteiger partial charge in [0, 0.05) is 6.54 Å². The Kier molecular flexibility index (Phi) is 9.53. The Balaban J connectivity index is 2.02. The van der Waals surface area contributed by atoms with Gasteiger partial charge in [-0.2, -0.15) is 0 Å². The minimum absolute atomic E-state index is 0.149. The smallest absolute Gasteiger partial charge is 0.273 e. The highest BCUT2D eigenvalue weighted by Gasteiger charge is 2.10. The molecule has 1 aromatic heterocycles. The van der Waals surface area contributed by atoms with Gasteiger partial charge in [-0.3, -0.25) is 4.79 Å². The molecular weight excluding hydrogens is 266 g/mol. The number of carbonyl (C=O) groups is 1. The molecule has 0 aromatic carbocycles. The van der Waals surface area contributed by atoms with E-state index in [2.05, 4.69) is 22.5 Å². The first kappa shape index (κ1) is 17.7. The highest BCUT2D eigenvalue weighted by Crippen LogP contribution is 2.08. The van der Waals surface area contributed by atoms with E-state index in [9.17, 15) is 4.79 Å². The van der Waals surface area contributed by atoms with Gasteiger partial charge in [-0.1, -0.05) is 51.9 Å². The first-order chi connectivity index (χ1) is 10.3. The molecule has 0 fully saturated rings. The Morgan fingerprint density at radius 3 is 2.48 bits per heavy atom. The van der Waals surface area contributed by atoms with Crippen LogP contribution in [-0.2, 0) is 6.54 Å². The van der Waals surface area contributed by atoms with Gasteiger partial charge in [0.05, 0.1) is 6.54 Å². The Bertz CT molecular complexity index is 391. The quantitative estimate of drug-likeness (QED) is 0.581. The third-order valence-electron chi connectivity index (χ3n) is 3.43. The van der Waals surface area contributed by atoms with Gasteiger partial charge in [0.2, 0.25) is 5.89 Å². The molecule has 0 spiro atoms. The molecule has 1 amide bonds. The molecule has 0 saturated carbocycles. The molecule has 1 heterocycles. The SMILES string of the molecule is CCCCCCCCCCNC(=O)c1coc(CNC)n1. The summed E-state index contributed by atoms with van der Waals surface area (Å²) >= 11 is 0. The summed E-state index contributed by atoms with van der Waals surface area (Å²) in [4.78, 5) is 15.9. The van der Waals surface area contributed by atoms with Crippen LogP contribution in [0.25, 0.3) is 0 Å². The third kappa shape index (κ3) is 7.85. The van der Waals surface area contributed by atoms with Crippen molar-refractivity contribution in [2.24, 2.45) is 0 Å². The molecule has 0 aliphatic heterocycles. The van der Waals surface area contributed by atoms with Crippen LogP contribution in [0.1, 0.15) is 74.7 Å². The molecule has 0 bridgehead atoms. The van der Waals surface area contributed by atoms with Gasteiger partial charge in [0.15, 0.2) is 5.69 Å². The van der Waals surface area contributed by atoms with Crippen molar-refractivity contribution in [3.05, 3.63) is 17.8 Å². The van der Waals surface area contributed by atoms with Crippen molar-refractivity contribution in [1.82, 2.24) is 15.6 Å². The fourth-order valence-corrected chi connectivity index (χ4v) is 2.20. The second-order valence-corrected chi connectivity index (χ2v) is 5.39. The number of oxazole rings is 1. The molecule has 1 aromatic rings. The predicted molar refractivity (Wildman–Crippen MR) is 84.2 cm³/mol. The maximum Gasteiger partial charge on any atom is 0.273 e. The molecule has 5 heteroatoms. The van der Waals surface area contributed by atoms with Crippen LogP contribution >= 0.6 is 0 Å². The standard InChI is InChI=1S/C16H29N3O2/c1-3-4-5-6-7-8-9-10-11-18-16(20)14-13-21-15(19-14)12-17-2/h13,17H,3-12H2,1-2H3,(H,18,20). The number of unbranched alkanes of at least 4 members (excludes halogenated alkanes) is 7. The average Bonchev–Trinajstić information content (AvgIpc) is 2.94. The second-order valence-electron chi connectivity index (χ2n) is 5.39. The lowest BCUT2D eigenvalue weighted by atomic mass is 10.1. The van der Waals surface area contributed by atoms with Crippen molar-refractivity contribution in [3.8, 4) is 0 Å². The summed E-state index contributed by atoms with van der Waals surface area (Å²) in [6.45, 7) is 3.48. The van der Waals surface area contributed by atoms with Crippen LogP contribution in [-0.4, -0.2) is 24.5 Å². The predicted octanol–water partition coefficient (Wildman–Crippen LogP) is 3.26. The van der Waals surface area contributed by atoms with E-state index in [4.69, 9.17) is 4.42 Å². The summed E-state index contributed by atoms with van der Waals surface area (Å²) in [5, 5.41) is 5.82. The molecule has 2 N–H and O–H groups in total. The molecule has 0 saturated heterocycles. The summed E-state index contributed by atoms with van der Waals surface area (Å²) in [6, 6.07) is 0. The molecule has 0 unspecified atom stereocenters. The van der Waals surface area contributed by atoms with E-state index in [1.54, 1.807) is 0 Å². The average molecular weight is 295 g/mol. The van der Waals surface area contributed by atoms with E-state index in [0.717, 1.165) is 6.42 Å². The fraction of sp³-hybridized carbons (Fsp3) is 0.750. The lowest BCUT2D eigenvalue weighted by Gasteiger charge is -2.03. The lowest BCUT2D eigenvalue weighted by molar-refractivity contribution is 0.0948. The summed E-state index contributed by atoms with van der Waals surface area (Å²) in [6.07, 6.45) is 11.5. The van der Waals surface area contributed by atoms with Gasteiger partial charge < -0.3 is 15.1 Å². The number of rotatable bonds is 12. The normalized spacial score (nSPS) is 10.8. The zero-order valence-corrected chi connectivity index (χ0v) is 13.4. The molecule has 0 atom stereocenters. The van der Waals surface area contributed by atoms with Crippen LogP contribution in [0.15, 0.2) is 10.7 Å². The van der Waals surface area contributed by atoms with Crippen molar-refractivity contribution in [3.63, 3.8) is 0 Å². The van der Waals surface area contributed by atoms with Crippen molar-refractivity contribution in [2.75, 3.05) is 13.6 Å². The minimum atomic E-state index is -0.149. The van der Waals surface area contributed by atoms with Crippen LogP contribution in [0.4, 0.5) is 0 Å². The highest BCUT2D eigenvalue weighted by atomic mass is 16.3. The van der Waals surface area contributed by atoms with Gasteiger partial charge in [0.25, 0.3) is 5.91 Å². The van der Waals surface area contributed by atoms with Crippen molar-refractivity contribution >= 4 is 5.91 Å². The van der Waals surface area contributed by atoms with Gasteiger partial charge in [0.1, 0.15) is 6.26 Å². The van der Waals surface area contributed by atoms with E-state index in [0.29, 0.717) is 24.7 Å². The van der Waals surface area contributed by atoms with Crippen LogP contribution in [0.2, 0.25) is 0 Å². The van der Waals surface area contributed by atoms with Crippen molar-refractivity contribution < 1.29 is 9.21 Å². The Labute approximate surface area is 127 Å². The van der Waals surface area contributed by atoms with E-state index in [1.807, 2.05) is 7.05 Å². The maximum absolute atomic E-state index is 11.8. The monoisotopic (exact) mass is 295 g/mol. The van der Waals surface area contributed by atoms with E-state index < -0.39 is 0 Å². The molecular formula is C16H29N3O2. The molecule has 120 valence electrons. The number of aromatic nitrogens is 1. The fourth-order valence-electron chi connectivity index (χ4n) is 2.20. The third-order valence-corrected chi connectivity index (χ3v) is 3.43. The minimum Gasteiger partial charge on any atom is -0.447 e. The van der Waals surface area contributed by atoms with Crippen LogP contribution in [0.5, 0.6) is 0 Å². The Morgan fingerprint density at radius 1 is 1.14 bits per heavy atom. The number of carbonyl (C=O) groups excluding carboxylic acids is 1. The first-order valence-corrected chi connectivity index (χ1v) is 8.15. The maximum atomic E-state index is 11.8. The van der Waals surface area contributed by atoms with Crippen LogP contribution in [0, 0.1) is 0 Å². The zero-order valence-electron chi connectivity index (χ0n) is 13.4. The number of amides is 1. The largest absolute Gasteiger partial charge is 0.447 e. The van der Waals surface area contributed by atoms with E-state index in [1.165, 1.54) is 51.2 Å². The number of nitrogens with zero attached hydrogens (tertiary/aromatic N) is 1. The number of hydrogen-bond donors (Lipinski definition) is 2. The topological polar surface area (TPSA) is 67.2 Å². The lowest BCUT2D eigenvalue weighted by Crippen LogP contribution is -2.24.